The second-order valence-electron chi connectivity index (χ2n) is 7.62. The molecule has 3 aromatic carbocycles. The molecule has 4 rings (SSSR count). The van der Waals surface area contributed by atoms with Crippen LogP contribution in [0.4, 0.5) is 5.69 Å². The van der Waals surface area contributed by atoms with E-state index in [4.69, 9.17) is 9.15 Å². The second-order valence-corrected chi connectivity index (χ2v) is 9.38. The summed E-state index contributed by atoms with van der Waals surface area (Å²) in [5, 5.41) is 4.84. The minimum absolute atomic E-state index is 0.0385. The Morgan fingerprint density at radius 3 is 2.55 bits per heavy atom. The molecule has 0 bridgehead atoms. The SMILES string of the molecule is COc1ccc2cc([C@H](C)C(=O)Nc3cccc(S(=O)(=O)NCc4ccco4)c3)ccc2c1. The van der Waals surface area contributed by atoms with E-state index < -0.39 is 15.9 Å². The number of ether oxygens (including phenoxy) is 1. The van der Waals surface area contributed by atoms with E-state index in [0.717, 1.165) is 22.1 Å². The molecule has 1 atom stereocenters. The summed E-state index contributed by atoms with van der Waals surface area (Å²) in [4.78, 5) is 12.9. The number of furan rings is 1. The van der Waals surface area contributed by atoms with Gasteiger partial charge in [0.15, 0.2) is 0 Å². The van der Waals surface area contributed by atoms with Crippen molar-refractivity contribution in [3.05, 3.63) is 90.4 Å². The number of benzene rings is 3. The van der Waals surface area contributed by atoms with Gasteiger partial charge in [0.1, 0.15) is 11.5 Å². The summed E-state index contributed by atoms with van der Waals surface area (Å²) in [6.45, 7) is 1.85. The zero-order chi connectivity index (χ0) is 23.4. The van der Waals surface area contributed by atoms with E-state index in [9.17, 15) is 13.2 Å². The van der Waals surface area contributed by atoms with Gasteiger partial charge in [-0.1, -0.05) is 30.3 Å². The van der Waals surface area contributed by atoms with E-state index in [-0.39, 0.29) is 17.3 Å². The van der Waals surface area contributed by atoms with Crippen LogP contribution in [0.5, 0.6) is 5.75 Å². The van der Waals surface area contributed by atoms with Crippen molar-refractivity contribution in [3.63, 3.8) is 0 Å². The molecule has 2 N–H and O–H groups in total. The molecule has 1 heterocycles. The van der Waals surface area contributed by atoms with Gasteiger partial charge in [-0.05, 0) is 65.7 Å². The van der Waals surface area contributed by atoms with Gasteiger partial charge in [0.25, 0.3) is 0 Å². The first-order chi connectivity index (χ1) is 15.9. The number of carbonyl (C=O) groups is 1. The van der Waals surface area contributed by atoms with Gasteiger partial charge in [0, 0.05) is 5.69 Å². The van der Waals surface area contributed by atoms with Crippen LogP contribution in [0.3, 0.4) is 0 Å². The zero-order valence-electron chi connectivity index (χ0n) is 18.2. The Balaban J connectivity index is 1.47. The molecule has 4 aromatic rings. The molecular weight excluding hydrogens is 440 g/mol. The van der Waals surface area contributed by atoms with Gasteiger partial charge in [0.05, 0.1) is 30.7 Å². The number of fused-ring (bicyclic) bond motifs is 1. The molecule has 0 spiro atoms. The van der Waals surface area contributed by atoms with Crippen molar-refractivity contribution >= 4 is 32.4 Å². The molecule has 0 fully saturated rings. The summed E-state index contributed by atoms with van der Waals surface area (Å²) >= 11 is 0. The normalized spacial score (nSPS) is 12.4. The van der Waals surface area contributed by atoms with Crippen molar-refractivity contribution in [3.8, 4) is 5.75 Å². The molecular formula is C25H24N2O5S. The maximum atomic E-state index is 12.9. The summed E-state index contributed by atoms with van der Waals surface area (Å²) in [6.07, 6.45) is 1.48. The lowest BCUT2D eigenvalue weighted by Crippen LogP contribution is -2.23. The fraction of sp³-hybridized carbons (Fsp3) is 0.160. The maximum absolute atomic E-state index is 12.9. The van der Waals surface area contributed by atoms with Crippen molar-refractivity contribution in [1.29, 1.82) is 0 Å². The predicted octanol–water partition coefficient (Wildman–Crippen LogP) is 4.66. The fourth-order valence-corrected chi connectivity index (χ4v) is 4.48. The van der Waals surface area contributed by atoms with Crippen molar-refractivity contribution < 1.29 is 22.4 Å². The molecule has 33 heavy (non-hydrogen) atoms. The van der Waals surface area contributed by atoms with Crippen molar-refractivity contribution in [1.82, 2.24) is 4.72 Å². The third-order valence-electron chi connectivity index (χ3n) is 5.39. The monoisotopic (exact) mass is 464 g/mol. The Bertz CT molecular complexity index is 1380. The summed E-state index contributed by atoms with van der Waals surface area (Å²) < 4.78 is 38.1. The Morgan fingerprint density at radius 2 is 1.79 bits per heavy atom. The molecule has 0 aliphatic carbocycles. The fourth-order valence-electron chi connectivity index (χ4n) is 3.44. The Kier molecular flexibility index (Phi) is 6.48. The highest BCUT2D eigenvalue weighted by Crippen LogP contribution is 2.26. The molecule has 0 aliphatic heterocycles. The van der Waals surface area contributed by atoms with E-state index in [0.29, 0.717) is 11.4 Å². The van der Waals surface area contributed by atoms with Crippen LogP contribution in [0, 0.1) is 0 Å². The molecule has 0 saturated carbocycles. The first-order valence-corrected chi connectivity index (χ1v) is 11.8. The van der Waals surface area contributed by atoms with Crippen LogP contribution < -0.4 is 14.8 Å². The Labute approximate surface area is 192 Å². The topological polar surface area (TPSA) is 97.6 Å². The van der Waals surface area contributed by atoms with Crippen LogP contribution in [0.2, 0.25) is 0 Å². The molecule has 1 amide bonds. The second kappa shape index (κ2) is 9.48. The van der Waals surface area contributed by atoms with Gasteiger partial charge in [-0.25, -0.2) is 13.1 Å². The van der Waals surface area contributed by atoms with Crippen LogP contribution in [0.1, 0.15) is 24.2 Å². The van der Waals surface area contributed by atoms with E-state index >= 15 is 0 Å². The van der Waals surface area contributed by atoms with Crippen molar-refractivity contribution in [2.45, 2.75) is 24.3 Å². The Hall–Kier alpha value is -3.62. The zero-order valence-corrected chi connectivity index (χ0v) is 19.1. The molecule has 170 valence electrons. The maximum Gasteiger partial charge on any atom is 0.241 e. The van der Waals surface area contributed by atoms with Gasteiger partial charge in [-0.15, -0.1) is 0 Å². The summed E-state index contributed by atoms with van der Waals surface area (Å²) in [7, 11) is -2.15. The number of anilines is 1. The Morgan fingerprint density at radius 1 is 1.00 bits per heavy atom. The van der Waals surface area contributed by atoms with Crippen LogP contribution >= 0.6 is 0 Å². The summed E-state index contributed by atoms with van der Waals surface area (Å²) in [5.74, 6) is 0.606. The molecule has 0 aliphatic rings. The molecule has 7 nitrogen and oxygen atoms in total. The first-order valence-electron chi connectivity index (χ1n) is 10.4. The quantitative estimate of drug-likeness (QED) is 0.395. The third-order valence-corrected chi connectivity index (χ3v) is 6.79. The average molecular weight is 465 g/mol. The summed E-state index contributed by atoms with van der Waals surface area (Å²) in [6, 6.07) is 21.1. The lowest BCUT2D eigenvalue weighted by atomic mass is 9.97. The lowest BCUT2D eigenvalue weighted by Gasteiger charge is -2.14. The molecule has 0 unspecified atom stereocenters. The van der Waals surface area contributed by atoms with Gasteiger partial charge < -0.3 is 14.5 Å². The highest BCUT2D eigenvalue weighted by molar-refractivity contribution is 7.89. The van der Waals surface area contributed by atoms with Gasteiger partial charge in [-0.3, -0.25) is 4.79 Å². The van der Waals surface area contributed by atoms with Gasteiger partial charge >= 0.3 is 0 Å². The van der Waals surface area contributed by atoms with E-state index in [2.05, 4.69) is 10.0 Å². The minimum Gasteiger partial charge on any atom is -0.497 e. The minimum atomic E-state index is -3.77. The highest BCUT2D eigenvalue weighted by atomic mass is 32.2. The number of amides is 1. The van der Waals surface area contributed by atoms with Gasteiger partial charge in [-0.2, -0.15) is 0 Å². The van der Waals surface area contributed by atoms with Crippen molar-refractivity contribution in [2.75, 3.05) is 12.4 Å². The number of hydrogen-bond acceptors (Lipinski definition) is 5. The largest absolute Gasteiger partial charge is 0.497 e. The van der Waals surface area contributed by atoms with Gasteiger partial charge in [0.2, 0.25) is 15.9 Å². The summed E-state index contributed by atoms with van der Waals surface area (Å²) in [5.41, 5.74) is 1.26. The number of rotatable bonds is 8. The van der Waals surface area contributed by atoms with E-state index in [1.807, 2.05) is 43.3 Å². The highest BCUT2D eigenvalue weighted by Gasteiger charge is 2.18. The molecule has 1 aromatic heterocycles. The third kappa shape index (κ3) is 5.24. The predicted molar refractivity (Wildman–Crippen MR) is 127 cm³/mol. The standard InChI is InChI=1S/C25H24N2O5S/c1-17(18-8-9-20-14-22(31-2)11-10-19(20)13-18)25(28)27-21-5-3-7-24(15-21)33(29,30)26-16-23-6-4-12-32-23/h3-15,17,26H,16H2,1-2H3,(H,27,28)/t17-/m0/s1. The van der Waals surface area contributed by atoms with E-state index in [1.54, 1.807) is 31.4 Å². The van der Waals surface area contributed by atoms with E-state index in [1.165, 1.54) is 18.4 Å². The van der Waals surface area contributed by atoms with Crippen LogP contribution in [0.25, 0.3) is 10.8 Å². The number of hydrogen-bond donors (Lipinski definition) is 2. The first kappa shape index (κ1) is 22.6. The van der Waals surface area contributed by atoms with Crippen LogP contribution in [0.15, 0.2) is 88.4 Å². The number of nitrogens with one attached hydrogen (secondary N) is 2. The van der Waals surface area contributed by atoms with Crippen molar-refractivity contribution in [2.24, 2.45) is 0 Å². The molecule has 0 saturated heterocycles. The lowest BCUT2D eigenvalue weighted by molar-refractivity contribution is -0.117. The molecule has 0 radical (unpaired) electrons. The average Bonchev–Trinajstić information content (AvgIpc) is 3.35. The smallest absolute Gasteiger partial charge is 0.241 e. The van der Waals surface area contributed by atoms with Crippen LogP contribution in [-0.4, -0.2) is 21.4 Å². The number of sulfonamides is 1. The van der Waals surface area contributed by atoms with Crippen LogP contribution in [-0.2, 0) is 21.4 Å². The molecule has 8 heteroatoms. The number of methoxy groups -OCH3 is 1. The number of carbonyl (C=O) groups excluding carboxylic acids is 1.